The molecule has 2 N–H and O–H groups in total. The number of hydrogen-bond donors (Lipinski definition) is 2. The Bertz CT molecular complexity index is 1140. The molecule has 2 aliphatic heterocycles. The maximum atomic E-state index is 12.0. The standard InChI is InChI=1S/C21H28B2N2O8/c1-18(2)19(3,4)31-22(30-18)11-9-12-14(16(26)27)15(17(28)29)24-25(12)13(10-11)23-32-20(5,6)21(7,8)33-23/h9-10H,1-8H3,(H,26,27)(H,28,29). The van der Waals surface area contributed by atoms with Gasteiger partial charge in [-0.25, -0.2) is 14.1 Å². The first kappa shape index (κ1) is 23.7. The molecule has 176 valence electrons. The van der Waals surface area contributed by atoms with Crippen LogP contribution in [0.1, 0.15) is 76.2 Å². The smallest absolute Gasteiger partial charge is 0.478 e. The first-order chi connectivity index (χ1) is 15.0. The summed E-state index contributed by atoms with van der Waals surface area (Å²) in [7, 11) is -1.74. The summed E-state index contributed by atoms with van der Waals surface area (Å²) >= 11 is 0. The zero-order valence-electron chi connectivity index (χ0n) is 20.0. The van der Waals surface area contributed by atoms with Crippen LogP contribution < -0.4 is 11.1 Å². The average molecular weight is 458 g/mol. The first-order valence-corrected chi connectivity index (χ1v) is 10.7. The molecule has 2 aromatic heterocycles. The molecule has 4 heterocycles. The minimum atomic E-state index is -1.45. The number of nitrogens with zero attached hydrogens (tertiary/aromatic N) is 2. The number of hydrogen-bond acceptors (Lipinski definition) is 7. The third-order valence-electron chi connectivity index (χ3n) is 7.22. The van der Waals surface area contributed by atoms with Crippen molar-refractivity contribution in [1.29, 1.82) is 0 Å². The highest BCUT2D eigenvalue weighted by Gasteiger charge is 2.55. The van der Waals surface area contributed by atoms with Gasteiger partial charge in [-0.2, -0.15) is 5.10 Å². The summed E-state index contributed by atoms with van der Waals surface area (Å²) in [5.41, 5.74) is -2.70. The van der Waals surface area contributed by atoms with Crippen molar-refractivity contribution in [3.8, 4) is 0 Å². The number of carboxylic acid groups (broad SMARTS) is 2. The van der Waals surface area contributed by atoms with Gasteiger partial charge in [0.15, 0.2) is 5.69 Å². The molecular formula is C21H28B2N2O8. The maximum Gasteiger partial charge on any atom is 0.514 e. The highest BCUT2D eigenvalue weighted by Crippen LogP contribution is 2.38. The highest BCUT2D eigenvalue weighted by molar-refractivity contribution is 6.65. The van der Waals surface area contributed by atoms with E-state index in [9.17, 15) is 19.8 Å². The van der Waals surface area contributed by atoms with E-state index in [1.165, 1.54) is 10.6 Å². The fourth-order valence-electron chi connectivity index (χ4n) is 3.80. The van der Waals surface area contributed by atoms with Gasteiger partial charge in [-0.3, -0.25) is 0 Å². The SMILES string of the molecule is CC1(C)OB(c2cc(B3OC(C)(C)C(C)(C)O3)n3nc(C(=O)O)c(C(=O)O)c3c2)OC1(C)C. The van der Waals surface area contributed by atoms with Gasteiger partial charge in [0.05, 0.1) is 33.5 Å². The summed E-state index contributed by atoms with van der Waals surface area (Å²) < 4.78 is 25.9. The van der Waals surface area contributed by atoms with Crippen LogP contribution in [0.2, 0.25) is 0 Å². The topological polar surface area (TPSA) is 129 Å². The number of carbonyl (C=O) groups is 2. The van der Waals surface area contributed by atoms with E-state index < -0.39 is 59.8 Å². The Hall–Kier alpha value is -2.40. The molecule has 12 heteroatoms. The van der Waals surface area contributed by atoms with Crippen LogP contribution in [0.5, 0.6) is 0 Å². The van der Waals surface area contributed by atoms with E-state index >= 15 is 0 Å². The molecule has 33 heavy (non-hydrogen) atoms. The number of pyridine rings is 1. The van der Waals surface area contributed by atoms with E-state index in [1.807, 2.05) is 55.4 Å². The quantitative estimate of drug-likeness (QED) is 0.653. The zero-order chi connectivity index (χ0) is 24.7. The van der Waals surface area contributed by atoms with Crippen LogP contribution in [0.3, 0.4) is 0 Å². The van der Waals surface area contributed by atoms with Gasteiger partial charge in [0.2, 0.25) is 0 Å². The summed E-state index contributed by atoms with van der Waals surface area (Å²) in [6, 6.07) is 3.22. The molecule has 0 bridgehead atoms. The van der Waals surface area contributed by atoms with Crippen LogP contribution in [0.25, 0.3) is 5.52 Å². The summed E-state index contributed by atoms with van der Waals surface area (Å²) in [5, 5.41) is 23.5. The van der Waals surface area contributed by atoms with Gasteiger partial charge in [-0.1, -0.05) is 0 Å². The fraction of sp³-hybridized carbons (Fsp3) is 0.571. The second-order valence-corrected chi connectivity index (χ2v) is 10.5. The summed E-state index contributed by atoms with van der Waals surface area (Å²) in [6.45, 7) is 15.2. The summed E-state index contributed by atoms with van der Waals surface area (Å²) in [4.78, 5) is 23.8. The van der Waals surface area contributed by atoms with Crippen LogP contribution in [0.4, 0.5) is 0 Å². The molecule has 2 aromatic rings. The third-order valence-corrected chi connectivity index (χ3v) is 7.22. The molecule has 2 aliphatic rings. The van der Waals surface area contributed by atoms with Crippen LogP contribution in [-0.2, 0) is 18.6 Å². The predicted octanol–water partition coefficient (Wildman–Crippen LogP) is 1.33. The minimum Gasteiger partial charge on any atom is -0.478 e. The Morgan fingerprint density at radius 3 is 1.67 bits per heavy atom. The molecule has 0 atom stereocenters. The van der Waals surface area contributed by atoms with Crippen molar-refractivity contribution in [2.75, 3.05) is 0 Å². The minimum absolute atomic E-state index is 0.0804. The molecule has 10 nitrogen and oxygen atoms in total. The monoisotopic (exact) mass is 458 g/mol. The van der Waals surface area contributed by atoms with Crippen molar-refractivity contribution in [2.24, 2.45) is 0 Å². The van der Waals surface area contributed by atoms with E-state index in [2.05, 4.69) is 5.10 Å². The van der Waals surface area contributed by atoms with Crippen LogP contribution in [-0.4, -0.2) is 68.4 Å². The van der Waals surface area contributed by atoms with Crippen molar-refractivity contribution >= 4 is 42.7 Å². The van der Waals surface area contributed by atoms with Gasteiger partial charge < -0.3 is 28.8 Å². The molecule has 2 saturated heterocycles. The normalized spacial score (nSPS) is 22.8. The maximum absolute atomic E-state index is 12.0. The van der Waals surface area contributed by atoms with Crippen LogP contribution in [0, 0.1) is 0 Å². The number of aromatic nitrogens is 2. The summed E-state index contributed by atoms with van der Waals surface area (Å²) in [6.07, 6.45) is 0. The highest BCUT2D eigenvalue weighted by atomic mass is 16.7. The molecule has 0 radical (unpaired) electrons. The number of fused-ring (bicyclic) bond motifs is 1. The zero-order valence-corrected chi connectivity index (χ0v) is 20.0. The molecule has 0 aliphatic carbocycles. The van der Waals surface area contributed by atoms with Crippen molar-refractivity contribution in [3.63, 3.8) is 0 Å². The van der Waals surface area contributed by atoms with Gasteiger partial charge in [0.25, 0.3) is 0 Å². The molecule has 2 fully saturated rings. The van der Waals surface area contributed by atoms with Crippen molar-refractivity contribution in [1.82, 2.24) is 9.61 Å². The van der Waals surface area contributed by atoms with Crippen LogP contribution >= 0.6 is 0 Å². The average Bonchev–Trinajstić information content (AvgIpc) is 3.21. The Morgan fingerprint density at radius 1 is 0.788 bits per heavy atom. The van der Waals surface area contributed by atoms with Gasteiger partial charge in [0, 0.05) is 0 Å². The largest absolute Gasteiger partial charge is 0.514 e. The Labute approximate surface area is 192 Å². The van der Waals surface area contributed by atoms with Gasteiger partial charge in [-0.15, -0.1) is 0 Å². The fourth-order valence-corrected chi connectivity index (χ4v) is 3.80. The van der Waals surface area contributed by atoms with E-state index in [4.69, 9.17) is 18.6 Å². The van der Waals surface area contributed by atoms with Crippen molar-refractivity contribution in [2.45, 2.75) is 77.8 Å². The molecule has 0 saturated carbocycles. The van der Waals surface area contributed by atoms with E-state index in [0.29, 0.717) is 11.1 Å². The Morgan fingerprint density at radius 2 is 1.24 bits per heavy atom. The summed E-state index contributed by atoms with van der Waals surface area (Å²) in [5.74, 6) is -2.86. The molecule has 0 amide bonds. The Balaban J connectivity index is 1.96. The lowest BCUT2D eigenvalue weighted by Crippen LogP contribution is -2.44. The van der Waals surface area contributed by atoms with E-state index in [1.54, 1.807) is 6.07 Å². The van der Waals surface area contributed by atoms with E-state index in [0.717, 1.165) is 0 Å². The van der Waals surface area contributed by atoms with Gasteiger partial charge in [-0.05, 0) is 73.0 Å². The lowest BCUT2D eigenvalue weighted by Gasteiger charge is -2.32. The number of rotatable bonds is 4. The lowest BCUT2D eigenvalue weighted by molar-refractivity contribution is 0.00578. The third kappa shape index (κ3) is 3.56. The van der Waals surface area contributed by atoms with Gasteiger partial charge in [0.1, 0.15) is 5.56 Å². The van der Waals surface area contributed by atoms with Crippen LogP contribution in [0.15, 0.2) is 12.1 Å². The molecule has 4 rings (SSSR count). The van der Waals surface area contributed by atoms with E-state index in [-0.39, 0.29) is 5.52 Å². The Kier molecular flexibility index (Phi) is 5.07. The molecule has 0 aromatic carbocycles. The lowest BCUT2D eigenvalue weighted by atomic mass is 9.74. The number of aromatic carboxylic acids is 2. The number of carboxylic acids is 2. The van der Waals surface area contributed by atoms with Gasteiger partial charge >= 0.3 is 26.2 Å². The second kappa shape index (κ2) is 7.05. The van der Waals surface area contributed by atoms with Crippen molar-refractivity contribution < 1.29 is 38.4 Å². The van der Waals surface area contributed by atoms with Crippen molar-refractivity contribution in [3.05, 3.63) is 23.4 Å². The second-order valence-electron chi connectivity index (χ2n) is 10.5. The molecular weight excluding hydrogens is 430 g/mol. The first-order valence-electron chi connectivity index (χ1n) is 10.7. The predicted molar refractivity (Wildman–Crippen MR) is 121 cm³/mol. The molecule has 0 spiro atoms. The molecule has 0 unspecified atom stereocenters.